The van der Waals surface area contributed by atoms with Gasteiger partial charge in [-0.2, -0.15) is 0 Å². The first kappa shape index (κ1) is 39.6. The number of aliphatic hydroxyl groups is 5. The fraction of sp³-hybridized carbons (Fsp3) is 0.806. The van der Waals surface area contributed by atoms with Crippen molar-refractivity contribution in [1.82, 2.24) is 5.32 Å². The molecule has 0 saturated carbocycles. The summed E-state index contributed by atoms with van der Waals surface area (Å²) < 4.78 is 11.2. The number of benzene rings is 1. The van der Waals surface area contributed by atoms with Crippen molar-refractivity contribution in [3.63, 3.8) is 0 Å². The van der Waals surface area contributed by atoms with Crippen molar-refractivity contribution in [3.8, 4) is 0 Å². The molecule has 1 aliphatic heterocycles. The van der Waals surface area contributed by atoms with Gasteiger partial charge in [-0.3, -0.25) is 4.79 Å². The Morgan fingerprint density at radius 3 is 1.98 bits per heavy atom. The molecule has 45 heavy (non-hydrogen) atoms. The van der Waals surface area contributed by atoms with Gasteiger partial charge in [-0.05, 0) is 31.2 Å². The van der Waals surface area contributed by atoms with E-state index in [1.165, 1.54) is 69.8 Å². The Labute approximate surface area is 271 Å². The maximum atomic E-state index is 12.8. The SMILES string of the molecule is CCCCCCCCCCCCCCC[C@@H](O)[C@H](CO[C@H]1OC(CO)[C@H](O)C(O)C1O)NC(=O)CCCCCc1ccccc1. The Bertz CT molecular complexity index is 857. The number of carbonyl (C=O) groups is 1. The van der Waals surface area contributed by atoms with E-state index in [1.54, 1.807) is 0 Å². The highest BCUT2D eigenvalue weighted by atomic mass is 16.7. The number of hydrogen-bond donors (Lipinski definition) is 6. The van der Waals surface area contributed by atoms with Gasteiger partial charge >= 0.3 is 0 Å². The first-order chi connectivity index (χ1) is 21.9. The lowest BCUT2D eigenvalue weighted by Gasteiger charge is -2.40. The quantitative estimate of drug-likeness (QED) is 0.0784. The number of amides is 1. The molecule has 1 heterocycles. The van der Waals surface area contributed by atoms with Crippen molar-refractivity contribution >= 4 is 5.91 Å². The van der Waals surface area contributed by atoms with Gasteiger partial charge in [0.1, 0.15) is 24.4 Å². The lowest BCUT2D eigenvalue weighted by molar-refractivity contribution is -0.302. The van der Waals surface area contributed by atoms with Gasteiger partial charge in [0.15, 0.2) is 6.29 Å². The van der Waals surface area contributed by atoms with E-state index in [1.807, 2.05) is 18.2 Å². The number of ether oxygens (including phenoxy) is 2. The summed E-state index contributed by atoms with van der Waals surface area (Å²) in [5.41, 5.74) is 1.28. The van der Waals surface area contributed by atoms with Crippen molar-refractivity contribution < 1.29 is 39.8 Å². The Morgan fingerprint density at radius 1 is 0.800 bits per heavy atom. The zero-order valence-corrected chi connectivity index (χ0v) is 27.7. The number of carbonyl (C=O) groups excluding carboxylic acids is 1. The molecule has 9 nitrogen and oxygen atoms in total. The third-order valence-corrected chi connectivity index (χ3v) is 8.91. The molecule has 9 heteroatoms. The van der Waals surface area contributed by atoms with Gasteiger partial charge in [0.05, 0.1) is 25.4 Å². The van der Waals surface area contributed by atoms with E-state index in [4.69, 9.17) is 9.47 Å². The van der Waals surface area contributed by atoms with Crippen molar-refractivity contribution in [1.29, 1.82) is 0 Å². The molecule has 260 valence electrons. The second-order valence-corrected chi connectivity index (χ2v) is 12.8. The van der Waals surface area contributed by atoms with E-state index in [9.17, 15) is 30.3 Å². The topological polar surface area (TPSA) is 149 Å². The minimum atomic E-state index is -1.56. The van der Waals surface area contributed by atoms with E-state index in [0.29, 0.717) is 12.8 Å². The second-order valence-electron chi connectivity index (χ2n) is 12.8. The van der Waals surface area contributed by atoms with Crippen LogP contribution in [-0.4, -0.2) is 87.5 Å². The largest absolute Gasteiger partial charge is 0.394 e. The van der Waals surface area contributed by atoms with E-state index in [-0.39, 0.29) is 12.5 Å². The summed E-state index contributed by atoms with van der Waals surface area (Å²) in [6.45, 7) is 1.54. The molecule has 0 spiro atoms. The summed E-state index contributed by atoms with van der Waals surface area (Å²) in [6, 6.07) is 9.53. The maximum absolute atomic E-state index is 12.8. The Hall–Kier alpha value is -1.59. The molecule has 2 rings (SSSR count). The van der Waals surface area contributed by atoms with Crippen LogP contribution in [0.1, 0.15) is 128 Å². The maximum Gasteiger partial charge on any atom is 0.220 e. The van der Waals surface area contributed by atoms with Crippen LogP contribution in [0.3, 0.4) is 0 Å². The predicted octanol–water partition coefficient (Wildman–Crippen LogP) is 4.93. The predicted molar refractivity (Wildman–Crippen MR) is 177 cm³/mol. The van der Waals surface area contributed by atoms with E-state index < -0.39 is 49.5 Å². The van der Waals surface area contributed by atoms with Crippen LogP contribution in [0.2, 0.25) is 0 Å². The molecule has 1 aliphatic rings. The van der Waals surface area contributed by atoms with E-state index in [0.717, 1.165) is 44.9 Å². The molecule has 1 aromatic rings. The average molecular weight is 638 g/mol. The fourth-order valence-corrected chi connectivity index (χ4v) is 5.94. The summed E-state index contributed by atoms with van der Waals surface area (Å²) in [5.74, 6) is -0.179. The Balaban J connectivity index is 1.74. The number of nitrogens with one attached hydrogen (secondary N) is 1. The van der Waals surface area contributed by atoms with Crippen molar-refractivity contribution in [3.05, 3.63) is 35.9 Å². The standard InChI is InChI=1S/C36H63NO8/c1-2-3-4-5-6-7-8-9-10-11-12-13-19-24-30(39)29(27-44-36-35(43)34(42)33(41)31(26-38)45-36)37-32(40)25-20-15-18-23-28-21-16-14-17-22-28/h14,16-17,21-22,29-31,33-36,38-39,41-43H,2-13,15,18-20,23-27H2,1H3,(H,37,40)/t29-,30+,31?,33-,34?,35?,36-/m0/s1. The zero-order valence-electron chi connectivity index (χ0n) is 27.7. The number of aryl methyl sites for hydroxylation is 1. The van der Waals surface area contributed by atoms with Crippen LogP contribution >= 0.6 is 0 Å². The molecule has 0 aliphatic carbocycles. The Kier molecular flexibility index (Phi) is 21.6. The average Bonchev–Trinajstić information content (AvgIpc) is 3.05. The molecule has 0 radical (unpaired) electrons. The second kappa shape index (κ2) is 24.6. The van der Waals surface area contributed by atoms with Crippen molar-refractivity contribution in [2.45, 2.75) is 172 Å². The molecule has 3 unspecified atom stereocenters. The van der Waals surface area contributed by atoms with Gasteiger partial charge in [0.25, 0.3) is 0 Å². The monoisotopic (exact) mass is 637 g/mol. The molecule has 1 saturated heterocycles. The number of rotatable bonds is 26. The smallest absolute Gasteiger partial charge is 0.220 e. The van der Waals surface area contributed by atoms with E-state index in [2.05, 4.69) is 24.4 Å². The van der Waals surface area contributed by atoms with Crippen LogP contribution in [0.4, 0.5) is 0 Å². The highest BCUT2D eigenvalue weighted by molar-refractivity contribution is 5.76. The van der Waals surface area contributed by atoms with Gasteiger partial charge in [-0.15, -0.1) is 0 Å². The molecule has 7 atom stereocenters. The third kappa shape index (κ3) is 16.7. The number of aliphatic hydroxyl groups excluding tert-OH is 5. The van der Waals surface area contributed by atoms with Crippen LogP contribution in [0.5, 0.6) is 0 Å². The minimum absolute atomic E-state index is 0.151. The molecule has 6 N–H and O–H groups in total. The summed E-state index contributed by atoms with van der Waals surface area (Å²) in [4.78, 5) is 12.8. The van der Waals surface area contributed by atoms with Crippen LogP contribution in [0, 0.1) is 0 Å². The highest BCUT2D eigenvalue weighted by Crippen LogP contribution is 2.23. The lowest BCUT2D eigenvalue weighted by Crippen LogP contribution is -2.60. The molecule has 0 aromatic heterocycles. The Morgan fingerprint density at radius 2 is 1.38 bits per heavy atom. The van der Waals surface area contributed by atoms with Crippen LogP contribution < -0.4 is 5.32 Å². The van der Waals surface area contributed by atoms with E-state index >= 15 is 0 Å². The van der Waals surface area contributed by atoms with Gasteiger partial charge in [-0.25, -0.2) is 0 Å². The first-order valence-electron chi connectivity index (χ1n) is 17.8. The summed E-state index contributed by atoms with van der Waals surface area (Å²) >= 11 is 0. The molecule has 1 aromatic carbocycles. The summed E-state index contributed by atoms with van der Waals surface area (Å²) in [6.07, 6.45) is 12.6. The fourth-order valence-electron chi connectivity index (χ4n) is 5.94. The van der Waals surface area contributed by atoms with Gasteiger partial charge in [0, 0.05) is 6.42 Å². The first-order valence-corrected chi connectivity index (χ1v) is 17.8. The molecular weight excluding hydrogens is 574 g/mol. The third-order valence-electron chi connectivity index (χ3n) is 8.91. The van der Waals surface area contributed by atoms with Gasteiger partial charge in [0.2, 0.25) is 5.91 Å². The normalized spacial score (nSPS) is 23.1. The number of unbranched alkanes of at least 4 members (excludes halogenated alkanes) is 14. The van der Waals surface area contributed by atoms with Crippen molar-refractivity contribution in [2.75, 3.05) is 13.2 Å². The molecule has 1 fully saturated rings. The van der Waals surface area contributed by atoms with Gasteiger partial charge < -0.3 is 40.3 Å². The minimum Gasteiger partial charge on any atom is -0.394 e. The summed E-state index contributed by atoms with van der Waals surface area (Å²) in [5, 5.41) is 53.9. The number of hydrogen-bond acceptors (Lipinski definition) is 8. The molecule has 0 bridgehead atoms. The molecule has 1 amide bonds. The highest BCUT2D eigenvalue weighted by Gasteiger charge is 2.44. The zero-order chi connectivity index (χ0) is 32.7. The van der Waals surface area contributed by atoms with Crippen molar-refractivity contribution in [2.24, 2.45) is 0 Å². The van der Waals surface area contributed by atoms with Crippen LogP contribution in [0.25, 0.3) is 0 Å². The molecular formula is C36H63NO8. The van der Waals surface area contributed by atoms with Crippen LogP contribution in [0.15, 0.2) is 30.3 Å². The lowest BCUT2D eigenvalue weighted by atomic mass is 9.99. The van der Waals surface area contributed by atoms with Crippen LogP contribution in [-0.2, 0) is 20.7 Å². The summed E-state index contributed by atoms with van der Waals surface area (Å²) in [7, 11) is 0. The van der Waals surface area contributed by atoms with Gasteiger partial charge in [-0.1, -0.05) is 127 Å².